The number of fused-ring (bicyclic) bond motifs is 3. The van der Waals surface area contributed by atoms with E-state index in [1.54, 1.807) is 0 Å². The molecule has 0 radical (unpaired) electrons. The molecule has 0 aromatic heterocycles. The predicted molar refractivity (Wildman–Crippen MR) is 66.7 cm³/mol. The third kappa shape index (κ3) is 2.14. The van der Waals surface area contributed by atoms with Crippen molar-refractivity contribution in [1.82, 2.24) is 0 Å². The minimum absolute atomic E-state index is 0.0763. The van der Waals surface area contributed by atoms with Crippen LogP contribution in [0.15, 0.2) is 30.3 Å². The summed E-state index contributed by atoms with van der Waals surface area (Å²) in [5.74, 6) is 0. The second kappa shape index (κ2) is 4.72. The molecule has 1 aliphatic carbocycles. The molecule has 3 aliphatic rings. The lowest BCUT2D eigenvalue weighted by Crippen LogP contribution is -2.51. The molecule has 18 heavy (non-hydrogen) atoms. The topological polar surface area (TPSA) is 42.2 Å². The number of hydrogen-bond acceptors (Lipinski definition) is 3. The smallest absolute Gasteiger partial charge is 0.0857 e. The van der Waals surface area contributed by atoms with E-state index in [0.29, 0.717) is 13.2 Å². The second-order valence-electron chi connectivity index (χ2n) is 5.32. The highest BCUT2D eigenvalue weighted by atomic mass is 16.5. The molecule has 3 unspecified atom stereocenters. The molecule has 2 bridgehead atoms. The minimum atomic E-state index is -0.296. The van der Waals surface area contributed by atoms with Gasteiger partial charge in [0.05, 0.1) is 36.9 Å². The molecule has 3 heteroatoms. The van der Waals surface area contributed by atoms with E-state index in [2.05, 4.69) is 18.2 Å². The Morgan fingerprint density at radius 3 is 2.89 bits per heavy atom. The standard InChI is InChI=1S/C15H17NO2/c16-10-15-7-6-13(18-11-15)14(8-15)17-9-12-4-2-1-3-5-12/h1-5,13-14H,6-9,11H2. The van der Waals surface area contributed by atoms with Crippen LogP contribution in [0.4, 0.5) is 0 Å². The molecule has 2 saturated heterocycles. The summed E-state index contributed by atoms with van der Waals surface area (Å²) in [4.78, 5) is 0. The molecule has 4 rings (SSSR count). The lowest BCUT2D eigenvalue weighted by Gasteiger charge is -2.46. The van der Waals surface area contributed by atoms with Crippen LogP contribution < -0.4 is 0 Å². The molecule has 1 saturated carbocycles. The van der Waals surface area contributed by atoms with Gasteiger partial charge in [-0.15, -0.1) is 0 Å². The first-order chi connectivity index (χ1) is 8.81. The average Bonchev–Trinajstić information content (AvgIpc) is 2.47. The lowest BCUT2D eigenvalue weighted by atomic mass is 9.71. The molecule has 1 aromatic rings. The summed E-state index contributed by atoms with van der Waals surface area (Å²) in [5.41, 5.74) is 0.876. The van der Waals surface area contributed by atoms with Crippen LogP contribution in [0.25, 0.3) is 0 Å². The van der Waals surface area contributed by atoms with Crippen molar-refractivity contribution < 1.29 is 9.47 Å². The van der Waals surface area contributed by atoms with Gasteiger partial charge in [0, 0.05) is 0 Å². The van der Waals surface area contributed by atoms with Gasteiger partial charge in [-0.05, 0) is 24.8 Å². The van der Waals surface area contributed by atoms with E-state index >= 15 is 0 Å². The van der Waals surface area contributed by atoms with Crippen LogP contribution in [0.3, 0.4) is 0 Å². The largest absolute Gasteiger partial charge is 0.374 e. The number of benzene rings is 1. The van der Waals surface area contributed by atoms with Crippen LogP contribution in [-0.4, -0.2) is 18.8 Å². The molecule has 3 fully saturated rings. The molecule has 0 amide bonds. The van der Waals surface area contributed by atoms with Crippen molar-refractivity contribution in [3.05, 3.63) is 35.9 Å². The van der Waals surface area contributed by atoms with Crippen molar-refractivity contribution in [1.29, 1.82) is 5.26 Å². The van der Waals surface area contributed by atoms with Crippen LogP contribution in [0, 0.1) is 16.7 Å². The molecule has 3 nitrogen and oxygen atoms in total. The Morgan fingerprint density at radius 2 is 2.22 bits per heavy atom. The minimum Gasteiger partial charge on any atom is -0.374 e. The van der Waals surface area contributed by atoms with Gasteiger partial charge in [-0.25, -0.2) is 0 Å². The Hall–Kier alpha value is -1.37. The Labute approximate surface area is 107 Å². The van der Waals surface area contributed by atoms with Gasteiger partial charge in [-0.2, -0.15) is 5.26 Å². The Balaban J connectivity index is 1.63. The fourth-order valence-electron chi connectivity index (χ4n) is 2.89. The van der Waals surface area contributed by atoms with Crippen LogP contribution in [0.1, 0.15) is 24.8 Å². The van der Waals surface area contributed by atoms with Crippen molar-refractivity contribution in [2.45, 2.75) is 38.1 Å². The van der Waals surface area contributed by atoms with Crippen LogP contribution >= 0.6 is 0 Å². The molecule has 1 aromatic carbocycles. The molecule has 0 spiro atoms. The summed E-state index contributed by atoms with van der Waals surface area (Å²) in [6.07, 6.45) is 2.99. The fourth-order valence-corrected chi connectivity index (χ4v) is 2.89. The molecule has 0 N–H and O–H groups in total. The van der Waals surface area contributed by atoms with E-state index in [4.69, 9.17) is 9.47 Å². The van der Waals surface area contributed by atoms with Gasteiger partial charge in [0.15, 0.2) is 0 Å². The van der Waals surface area contributed by atoms with E-state index in [1.165, 1.54) is 5.56 Å². The highest BCUT2D eigenvalue weighted by Crippen LogP contribution is 2.43. The predicted octanol–water partition coefficient (Wildman–Crippen LogP) is 2.66. The molecule has 2 aliphatic heterocycles. The zero-order chi connectivity index (χ0) is 12.4. The molecular formula is C15H17NO2. The van der Waals surface area contributed by atoms with E-state index in [9.17, 15) is 5.26 Å². The van der Waals surface area contributed by atoms with Gasteiger partial charge in [0.2, 0.25) is 0 Å². The number of rotatable bonds is 3. The van der Waals surface area contributed by atoms with E-state index in [1.807, 2.05) is 18.2 Å². The summed E-state index contributed by atoms with van der Waals surface area (Å²) in [5, 5.41) is 9.28. The van der Waals surface area contributed by atoms with E-state index in [0.717, 1.165) is 19.3 Å². The Morgan fingerprint density at radius 1 is 1.39 bits per heavy atom. The van der Waals surface area contributed by atoms with Crippen LogP contribution in [0.2, 0.25) is 0 Å². The SMILES string of the molecule is N#CC12CCC(OC1)C(OCc1ccccc1)C2. The normalized spacial score (nSPS) is 34.2. The average molecular weight is 243 g/mol. The number of hydrogen-bond donors (Lipinski definition) is 0. The quantitative estimate of drug-likeness (QED) is 0.819. The third-order valence-corrected chi connectivity index (χ3v) is 4.03. The first-order valence-electron chi connectivity index (χ1n) is 6.50. The van der Waals surface area contributed by atoms with E-state index in [-0.39, 0.29) is 17.6 Å². The Kier molecular flexibility index (Phi) is 3.07. The van der Waals surface area contributed by atoms with Gasteiger partial charge in [-0.1, -0.05) is 30.3 Å². The van der Waals surface area contributed by atoms with Gasteiger partial charge in [0.25, 0.3) is 0 Å². The second-order valence-corrected chi connectivity index (χ2v) is 5.32. The maximum atomic E-state index is 9.28. The lowest BCUT2D eigenvalue weighted by molar-refractivity contribution is -0.180. The summed E-state index contributed by atoms with van der Waals surface area (Å²) >= 11 is 0. The zero-order valence-electron chi connectivity index (χ0n) is 10.3. The molecule has 2 heterocycles. The maximum absolute atomic E-state index is 9.28. The summed E-state index contributed by atoms with van der Waals surface area (Å²) < 4.78 is 11.7. The summed E-state index contributed by atoms with van der Waals surface area (Å²) in [6, 6.07) is 12.6. The van der Waals surface area contributed by atoms with Gasteiger partial charge in [-0.3, -0.25) is 0 Å². The first kappa shape index (κ1) is 11.7. The fraction of sp³-hybridized carbons (Fsp3) is 0.533. The Bertz CT molecular complexity index is 443. The van der Waals surface area contributed by atoms with Crippen molar-refractivity contribution in [3.63, 3.8) is 0 Å². The third-order valence-electron chi connectivity index (χ3n) is 4.03. The molecule has 94 valence electrons. The van der Waals surface area contributed by atoms with Gasteiger partial charge >= 0.3 is 0 Å². The first-order valence-corrected chi connectivity index (χ1v) is 6.50. The molecular weight excluding hydrogens is 226 g/mol. The number of nitrogens with zero attached hydrogens (tertiary/aromatic N) is 1. The van der Waals surface area contributed by atoms with Gasteiger partial charge < -0.3 is 9.47 Å². The molecule has 3 atom stereocenters. The number of nitriles is 1. The summed E-state index contributed by atoms with van der Waals surface area (Å²) in [7, 11) is 0. The van der Waals surface area contributed by atoms with Crippen molar-refractivity contribution >= 4 is 0 Å². The summed E-state index contributed by atoms with van der Waals surface area (Å²) in [6.45, 7) is 1.19. The van der Waals surface area contributed by atoms with Crippen molar-refractivity contribution in [2.75, 3.05) is 6.61 Å². The highest BCUT2D eigenvalue weighted by molar-refractivity contribution is 5.14. The maximum Gasteiger partial charge on any atom is 0.0857 e. The van der Waals surface area contributed by atoms with Gasteiger partial charge in [0.1, 0.15) is 0 Å². The monoisotopic (exact) mass is 243 g/mol. The van der Waals surface area contributed by atoms with Crippen LogP contribution in [-0.2, 0) is 16.1 Å². The van der Waals surface area contributed by atoms with Crippen molar-refractivity contribution in [3.8, 4) is 6.07 Å². The van der Waals surface area contributed by atoms with E-state index < -0.39 is 0 Å². The zero-order valence-corrected chi connectivity index (χ0v) is 10.3. The number of ether oxygens (including phenoxy) is 2. The highest BCUT2D eigenvalue weighted by Gasteiger charge is 2.47. The van der Waals surface area contributed by atoms with Crippen molar-refractivity contribution in [2.24, 2.45) is 5.41 Å². The van der Waals surface area contributed by atoms with Crippen LogP contribution in [0.5, 0.6) is 0 Å².